The molecule has 5 heteroatoms. The summed E-state index contributed by atoms with van der Waals surface area (Å²) in [5.41, 5.74) is 8.40. The number of halogens is 2. The predicted molar refractivity (Wildman–Crippen MR) is 92.2 cm³/mol. The zero-order chi connectivity index (χ0) is 16.1. The Hall–Kier alpha value is -1.52. The molecule has 0 spiro atoms. The van der Waals surface area contributed by atoms with Gasteiger partial charge >= 0.3 is 0 Å². The highest BCUT2D eigenvalue weighted by molar-refractivity contribution is 9.10. The lowest BCUT2D eigenvalue weighted by atomic mass is 10.1. The van der Waals surface area contributed by atoms with E-state index in [0.29, 0.717) is 30.2 Å². The first-order valence-electron chi connectivity index (χ1n) is 6.91. The van der Waals surface area contributed by atoms with Crippen molar-refractivity contribution < 1.29 is 9.53 Å². The van der Waals surface area contributed by atoms with Crippen LogP contribution in [0.3, 0.4) is 0 Å². The SMILES string of the molecule is Cc1ccccc1COc1c(Cl)cc(CCC(N)=O)cc1Br. The molecular formula is C17H17BrClNO2. The fourth-order valence-corrected chi connectivity index (χ4v) is 3.12. The third kappa shape index (κ3) is 4.49. The lowest BCUT2D eigenvalue weighted by Gasteiger charge is -2.13. The first-order valence-corrected chi connectivity index (χ1v) is 8.08. The van der Waals surface area contributed by atoms with Gasteiger partial charge in [-0.1, -0.05) is 35.9 Å². The van der Waals surface area contributed by atoms with Crippen LogP contribution in [-0.2, 0) is 17.8 Å². The van der Waals surface area contributed by atoms with E-state index < -0.39 is 0 Å². The van der Waals surface area contributed by atoms with Gasteiger partial charge in [0.25, 0.3) is 0 Å². The van der Waals surface area contributed by atoms with Crippen molar-refractivity contribution in [3.8, 4) is 5.75 Å². The highest BCUT2D eigenvalue weighted by Crippen LogP contribution is 2.35. The minimum absolute atomic E-state index is 0.298. The van der Waals surface area contributed by atoms with Crippen LogP contribution >= 0.6 is 27.5 Å². The smallest absolute Gasteiger partial charge is 0.217 e. The van der Waals surface area contributed by atoms with E-state index in [2.05, 4.69) is 15.9 Å². The van der Waals surface area contributed by atoms with Gasteiger partial charge in [0.1, 0.15) is 6.61 Å². The molecule has 0 saturated carbocycles. The van der Waals surface area contributed by atoms with Crippen LogP contribution in [0.2, 0.25) is 5.02 Å². The topological polar surface area (TPSA) is 52.3 Å². The number of rotatable bonds is 6. The minimum Gasteiger partial charge on any atom is -0.486 e. The molecule has 2 rings (SSSR count). The summed E-state index contributed by atoms with van der Waals surface area (Å²) in [6.07, 6.45) is 0.859. The number of aryl methyl sites for hydroxylation is 2. The molecule has 3 nitrogen and oxygen atoms in total. The number of carbonyl (C=O) groups is 1. The molecule has 116 valence electrons. The van der Waals surface area contributed by atoms with Gasteiger partial charge in [0, 0.05) is 6.42 Å². The third-order valence-corrected chi connectivity index (χ3v) is 4.22. The molecule has 2 N–H and O–H groups in total. The Bertz CT molecular complexity index is 665. The summed E-state index contributed by atoms with van der Waals surface area (Å²) in [6, 6.07) is 11.8. The van der Waals surface area contributed by atoms with Gasteiger partial charge in [0.15, 0.2) is 5.75 Å². The van der Waals surface area contributed by atoms with Gasteiger partial charge in [0.2, 0.25) is 5.91 Å². The molecule has 0 unspecified atom stereocenters. The summed E-state index contributed by atoms with van der Waals surface area (Å²) in [4.78, 5) is 10.9. The number of carbonyl (C=O) groups excluding carboxylic acids is 1. The van der Waals surface area contributed by atoms with Crippen LogP contribution in [0.15, 0.2) is 40.9 Å². The highest BCUT2D eigenvalue weighted by atomic mass is 79.9. The van der Waals surface area contributed by atoms with Crippen LogP contribution in [0, 0.1) is 6.92 Å². The number of amides is 1. The van der Waals surface area contributed by atoms with E-state index in [1.807, 2.05) is 43.3 Å². The van der Waals surface area contributed by atoms with Crippen LogP contribution in [0.4, 0.5) is 0 Å². The second-order valence-corrected chi connectivity index (χ2v) is 6.33. The number of nitrogens with two attached hydrogens (primary N) is 1. The quantitative estimate of drug-likeness (QED) is 0.804. The molecule has 0 atom stereocenters. The van der Waals surface area contributed by atoms with E-state index in [4.69, 9.17) is 22.1 Å². The lowest BCUT2D eigenvalue weighted by molar-refractivity contribution is -0.117. The first kappa shape index (κ1) is 16.8. The van der Waals surface area contributed by atoms with E-state index in [9.17, 15) is 4.79 Å². The second kappa shape index (κ2) is 7.65. The van der Waals surface area contributed by atoms with E-state index in [1.54, 1.807) is 0 Å². The van der Waals surface area contributed by atoms with Crippen molar-refractivity contribution in [3.05, 3.63) is 62.6 Å². The largest absolute Gasteiger partial charge is 0.486 e. The Morgan fingerprint density at radius 3 is 2.68 bits per heavy atom. The fourth-order valence-electron chi connectivity index (χ4n) is 2.08. The average Bonchev–Trinajstić information content (AvgIpc) is 2.46. The first-order chi connectivity index (χ1) is 10.5. The van der Waals surface area contributed by atoms with E-state index in [-0.39, 0.29) is 5.91 Å². The summed E-state index contributed by atoms with van der Waals surface area (Å²) in [5.74, 6) is 0.278. The minimum atomic E-state index is -0.327. The molecule has 0 bridgehead atoms. The van der Waals surface area contributed by atoms with Crippen LogP contribution in [0.25, 0.3) is 0 Å². The van der Waals surface area contributed by atoms with Crippen LogP contribution in [0.5, 0.6) is 5.75 Å². The maximum absolute atomic E-state index is 10.9. The van der Waals surface area contributed by atoms with E-state index >= 15 is 0 Å². The Morgan fingerprint density at radius 1 is 1.32 bits per heavy atom. The van der Waals surface area contributed by atoms with Crippen molar-refractivity contribution in [3.63, 3.8) is 0 Å². The predicted octanol–water partition coefficient (Wildman–Crippen LogP) is 4.41. The Kier molecular flexibility index (Phi) is 5.86. The maximum atomic E-state index is 10.9. The molecule has 0 aromatic heterocycles. The molecule has 2 aromatic rings. The van der Waals surface area contributed by atoms with Gasteiger partial charge in [-0.15, -0.1) is 0 Å². The summed E-state index contributed by atoms with van der Waals surface area (Å²) < 4.78 is 6.62. The summed E-state index contributed by atoms with van der Waals surface area (Å²) in [7, 11) is 0. The second-order valence-electron chi connectivity index (χ2n) is 5.07. The average molecular weight is 383 g/mol. The van der Waals surface area contributed by atoms with Crippen molar-refractivity contribution in [1.29, 1.82) is 0 Å². The molecule has 0 radical (unpaired) electrons. The molecule has 0 fully saturated rings. The van der Waals surface area contributed by atoms with Gasteiger partial charge in [-0.3, -0.25) is 4.79 Å². The zero-order valence-electron chi connectivity index (χ0n) is 12.2. The highest BCUT2D eigenvalue weighted by Gasteiger charge is 2.11. The molecule has 0 aliphatic rings. The molecule has 1 amide bonds. The number of primary amides is 1. The number of ether oxygens (including phenoxy) is 1. The molecule has 0 aliphatic heterocycles. The fraction of sp³-hybridized carbons (Fsp3) is 0.235. The zero-order valence-corrected chi connectivity index (χ0v) is 14.6. The van der Waals surface area contributed by atoms with Crippen molar-refractivity contribution >= 4 is 33.4 Å². The van der Waals surface area contributed by atoms with E-state index in [0.717, 1.165) is 15.6 Å². The Labute approximate surface area is 143 Å². The summed E-state index contributed by atoms with van der Waals surface area (Å²) >= 11 is 9.76. The third-order valence-electron chi connectivity index (χ3n) is 3.35. The standard InChI is InChI=1S/C17H17BrClNO2/c1-11-4-2-3-5-13(11)10-22-17-14(18)8-12(9-15(17)19)6-7-16(20)21/h2-5,8-9H,6-7,10H2,1H3,(H2,20,21). The van der Waals surface area contributed by atoms with Gasteiger partial charge < -0.3 is 10.5 Å². The van der Waals surface area contributed by atoms with Crippen LogP contribution in [0.1, 0.15) is 23.1 Å². The van der Waals surface area contributed by atoms with Gasteiger partial charge in [-0.2, -0.15) is 0 Å². The Morgan fingerprint density at radius 2 is 2.05 bits per heavy atom. The van der Waals surface area contributed by atoms with Crippen LogP contribution < -0.4 is 10.5 Å². The molecular weight excluding hydrogens is 366 g/mol. The number of hydrogen-bond acceptors (Lipinski definition) is 2. The molecule has 2 aromatic carbocycles. The van der Waals surface area contributed by atoms with Crippen molar-refractivity contribution in [2.24, 2.45) is 5.73 Å². The monoisotopic (exact) mass is 381 g/mol. The van der Waals surface area contributed by atoms with Gasteiger partial charge in [-0.25, -0.2) is 0 Å². The van der Waals surface area contributed by atoms with Crippen molar-refractivity contribution in [2.75, 3.05) is 0 Å². The molecule has 0 aliphatic carbocycles. The molecule has 22 heavy (non-hydrogen) atoms. The normalized spacial score (nSPS) is 10.5. The van der Waals surface area contributed by atoms with Crippen molar-refractivity contribution in [2.45, 2.75) is 26.4 Å². The van der Waals surface area contributed by atoms with Crippen LogP contribution in [-0.4, -0.2) is 5.91 Å². The molecule has 0 heterocycles. The summed E-state index contributed by atoms with van der Waals surface area (Å²) in [5, 5.41) is 0.516. The summed E-state index contributed by atoms with van der Waals surface area (Å²) in [6.45, 7) is 2.49. The van der Waals surface area contributed by atoms with Gasteiger partial charge in [-0.05, 0) is 58.1 Å². The number of hydrogen-bond donors (Lipinski definition) is 1. The molecule has 0 saturated heterocycles. The van der Waals surface area contributed by atoms with E-state index in [1.165, 1.54) is 5.56 Å². The Balaban J connectivity index is 2.11. The van der Waals surface area contributed by atoms with Gasteiger partial charge in [0.05, 0.1) is 9.50 Å². The number of benzene rings is 2. The lowest BCUT2D eigenvalue weighted by Crippen LogP contribution is -2.11. The van der Waals surface area contributed by atoms with Crippen molar-refractivity contribution in [1.82, 2.24) is 0 Å². The maximum Gasteiger partial charge on any atom is 0.217 e.